The van der Waals surface area contributed by atoms with Crippen LogP contribution in [-0.4, -0.2) is 9.97 Å². The van der Waals surface area contributed by atoms with Crippen LogP contribution in [0.3, 0.4) is 0 Å². The van der Waals surface area contributed by atoms with E-state index in [4.69, 9.17) is 22.6 Å². The van der Waals surface area contributed by atoms with Gasteiger partial charge in [0.15, 0.2) is 0 Å². The second-order valence-corrected chi connectivity index (χ2v) is 5.65. The molecule has 0 bridgehead atoms. The highest BCUT2D eigenvalue weighted by molar-refractivity contribution is 6.31. The number of aromatic nitrogens is 2. The van der Waals surface area contributed by atoms with E-state index in [1.165, 1.54) is 0 Å². The Balaban J connectivity index is 1.84. The fraction of sp³-hybridized carbons (Fsp3) is 0.111. The molecular formula is C18H15ClN4. The fourth-order valence-corrected chi connectivity index (χ4v) is 2.65. The molecule has 1 atom stereocenters. The summed E-state index contributed by atoms with van der Waals surface area (Å²) in [6, 6.07) is 19.0. The minimum absolute atomic E-state index is 0.262. The summed E-state index contributed by atoms with van der Waals surface area (Å²) in [5, 5.41) is 9.31. The molecule has 0 spiro atoms. The van der Waals surface area contributed by atoms with Crippen molar-refractivity contribution in [2.75, 3.05) is 0 Å². The zero-order valence-corrected chi connectivity index (χ0v) is 13.1. The number of aromatic amines is 1. The highest BCUT2D eigenvalue weighted by Gasteiger charge is 2.16. The van der Waals surface area contributed by atoms with Gasteiger partial charge < -0.3 is 10.7 Å². The van der Waals surface area contributed by atoms with Crippen molar-refractivity contribution in [2.45, 2.75) is 12.5 Å². The van der Waals surface area contributed by atoms with Gasteiger partial charge in [-0.05, 0) is 24.1 Å². The Morgan fingerprint density at radius 3 is 2.48 bits per heavy atom. The molecule has 0 radical (unpaired) electrons. The normalized spacial score (nSPS) is 11.9. The first-order valence-electron chi connectivity index (χ1n) is 7.23. The molecule has 1 aromatic heterocycles. The minimum Gasteiger partial charge on any atom is -0.331 e. The van der Waals surface area contributed by atoms with Gasteiger partial charge in [-0.25, -0.2) is 4.98 Å². The summed E-state index contributed by atoms with van der Waals surface area (Å²) in [5.74, 6) is 0.651. The second-order valence-electron chi connectivity index (χ2n) is 5.27. The van der Waals surface area contributed by atoms with Crippen LogP contribution in [0, 0.1) is 11.3 Å². The number of imidazole rings is 1. The molecule has 3 aromatic rings. The molecule has 0 amide bonds. The third kappa shape index (κ3) is 3.42. The summed E-state index contributed by atoms with van der Waals surface area (Å²) >= 11 is 6.26. The summed E-state index contributed by atoms with van der Waals surface area (Å²) in [7, 11) is 0. The molecule has 114 valence electrons. The quantitative estimate of drug-likeness (QED) is 0.766. The molecule has 3 rings (SSSR count). The molecule has 5 heteroatoms. The molecule has 1 heterocycles. The van der Waals surface area contributed by atoms with Crippen LogP contribution in [0.4, 0.5) is 0 Å². The van der Waals surface area contributed by atoms with Gasteiger partial charge in [0, 0.05) is 5.56 Å². The molecule has 0 saturated carbocycles. The minimum atomic E-state index is -0.262. The van der Waals surface area contributed by atoms with Crippen LogP contribution in [0.5, 0.6) is 0 Å². The summed E-state index contributed by atoms with van der Waals surface area (Å²) in [6.45, 7) is 0. The van der Waals surface area contributed by atoms with E-state index < -0.39 is 0 Å². The SMILES string of the molecule is N#Cc1ccc(-c2nc(C(N)Cc3ccccc3)[nH]c2Cl)cc1. The predicted octanol–water partition coefficient (Wildman–Crippen LogP) is 3.84. The topological polar surface area (TPSA) is 78.5 Å². The largest absolute Gasteiger partial charge is 0.331 e. The highest BCUT2D eigenvalue weighted by Crippen LogP contribution is 2.28. The van der Waals surface area contributed by atoms with Crippen LogP contribution in [0.1, 0.15) is 23.0 Å². The van der Waals surface area contributed by atoms with E-state index in [2.05, 4.69) is 16.0 Å². The van der Waals surface area contributed by atoms with E-state index in [1.54, 1.807) is 12.1 Å². The van der Waals surface area contributed by atoms with E-state index in [-0.39, 0.29) is 6.04 Å². The van der Waals surface area contributed by atoms with Gasteiger partial charge in [-0.2, -0.15) is 5.26 Å². The number of nitrogens with one attached hydrogen (secondary N) is 1. The number of halogens is 1. The Labute approximate surface area is 139 Å². The van der Waals surface area contributed by atoms with Crippen LogP contribution in [0.25, 0.3) is 11.3 Å². The van der Waals surface area contributed by atoms with Crippen molar-refractivity contribution in [3.8, 4) is 17.3 Å². The molecule has 0 fully saturated rings. The van der Waals surface area contributed by atoms with Crippen molar-refractivity contribution < 1.29 is 0 Å². The monoisotopic (exact) mass is 322 g/mol. The molecule has 2 aromatic carbocycles. The van der Waals surface area contributed by atoms with Crippen molar-refractivity contribution in [1.82, 2.24) is 9.97 Å². The number of hydrogen-bond donors (Lipinski definition) is 2. The zero-order valence-electron chi connectivity index (χ0n) is 12.3. The Hall–Kier alpha value is -2.61. The van der Waals surface area contributed by atoms with E-state index >= 15 is 0 Å². The van der Waals surface area contributed by atoms with Crippen LogP contribution in [0.2, 0.25) is 5.15 Å². The maximum absolute atomic E-state index is 8.86. The van der Waals surface area contributed by atoms with E-state index in [0.717, 1.165) is 11.1 Å². The fourth-order valence-electron chi connectivity index (χ4n) is 2.40. The summed E-state index contributed by atoms with van der Waals surface area (Å²) in [4.78, 5) is 7.59. The van der Waals surface area contributed by atoms with Crippen LogP contribution < -0.4 is 5.73 Å². The van der Waals surface area contributed by atoms with E-state index in [0.29, 0.717) is 28.7 Å². The molecule has 0 saturated heterocycles. The predicted molar refractivity (Wildman–Crippen MR) is 90.8 cm³/mol. The van der Waals surface area contributed by atoms with Crippen molar-refractivity contribution in [3.63, 3.8) is 0 Å². The number of nitrogens with zero attached hydrogens (tertiary/aromatic N) is 2. The Morgan fingerprint density at radius 2 is 1.83 bits per heavy atom. The van der Waals surface area contributed by atoms with Crippen LogP contribution >= 0.6 is 11.6 Å². The maximum Gasteiger partial charge on any atom is 0.134 e. The summed E-state index contributed by atoms with van der Waals surface area (Å²) in [5.41, 5.74) is 9.48. The third-order valence-electron chi connectivity index (χ3n) is 3.62. The number of hydrogen-bond acceptors (Lipinski definition) is 3. The smallest absolute Gasteiger partial charge is 0.134 e. The van der Waals surface area contributed by atoms with Gasteiger partial charge in [-0.15, -0.1) is 0 Å². The number of rotatable bonds is 4. The van der Waals surface area contributed by atoms with E-state index in [9.17, 15) is 0 Å². The molecule has 0 aliphatic heterocycles. The van der Waals surface area contributed by atoms with Crippen LogP contribution in [0.15, 0.2) is 54.6 Å². The Morgan fingerprint density at radius 1 is 1.13 bits per heavy atom. The van der Waals surface area contributed by atoms with Crippen molar-refractivity contribution in [2.24, 2.45) is 5.73 Å². The number of nitrogens with two attached hydrogens (primary N) is 1. The molecule has 1 unspecified atom stereocenters. The lowest BCUT2D eigenvalue weighted by atomic mass is 10.1. The molecule has 3 N–H and O–H groups in total. The van der Waals surface area contributed by atoms with Gasteiger partial charge in [0.25, 0.3) is 0 Å². The molecule has 0 aliphatic rings. The standard InChI is InChI=1S/C18H15ClN4/c19-17-16(14-8-6-13(11-20)7-9-14)22-18(23-17)15(21)10-12-4-2-1-3-5-12/h1-9,15H,10,21H2,(H,22,23). The lowest BCUT2D eigenvalue weighted by Crippen LogP contribution is -2.15. The molecular weight excluding hydrogens is 308 g/mol. The lowest BCUT2D eigenvalue weighted by molar-refractivity contribution is 0.678. The van der Waals surface area contributed by atoms with Gasteiger partial charge in [0.05, 0.1) is 17.7 Å². The van der Waals surface area contributed by atoms with Gasteiger partial charge >= 0.3 is 0 Å². The van der Waals surface area contributed by atoms with E-state index in [1.807, 2.05) is 42.5 Å². The average molecular weight is 323 g/mol. The molecule has 4 nitrogen and oxygen atoms in total. The summed E-state index contributed by atoms with van der Waals surface area (Å²) in [6.07, 6.45) is 0.678. The first-order chi connectivity index (χ1) is 11.2. The Kier molecular flexibility index (Phi) is 4.42. The zero-order chi connectivity index (χ0) is 16.2. The maximum atomic E-state index is 8.86. The lowest BCUT2D eigenvalue weighted by Gasteiger charge is -2.08. The van der Waals surface area contributed by atoms with Crippen molar-refractivity contribution in [1.29, 1.82) is 5.26 Å². The van der Waals surface area contributed by atoms with Gasteiger partial charge in [-0.3, -0.25) is 0 Å². The number of nitriles is 1. The molecule has 0 aliphatic carbocycles. The highest BCUT2D eigenvalue weighted by atomic mass is 35.5. The first kappa shape index (κ1) is 15.3. The number of H-pyrrole nitrogens is 1. The first-order valence-corrected chi connectivity index (χ1v) is 7.60. The van der Waals surface area contributed by atoms with Gasteiger partial charge in [0.2, 0.25) is 0 Å². The van der Waals surface area contributed by atoms with Gasteiger partial charge in [0.1, 0.15) is 16.7 Å². The third-order valence-corrected chi connectivity index (χ3v) is 3.89. The van der Waals surface area contributed by atoms with Crippen molar-refractivity contribution in [3.05, 3.63) is 76.7 Å². The Bertz CT molecular complexity index is 832. The summed E-state index contributed by atoms with van der Waals surface area (Å²) < 4.78 is 0. The van der Waals surface area contributed by atoms with Crippen LogP contribution in [-0.2, 0) is 6.42 Å². The number of benzene rings is 2. The van der Waals surface area contributed by atoms with Gasteiger partial charge in [-0.1, -0.05) is 54.1 Å². The second kappa shape index (κ2) is 6.66. The average Bonchev–Trinajstić information content (AvgIpc) is 2.98. The molecule has 23 heavy (non-hydrogen) atoms. The van der Waals surface area contributed by atoms with Crippen molar-refractivity contribution >= 4 is 11.6 Å².